The van der Waals surface area contributed by atoms with Crippen molar-refractivity contribution in [2.45, 2.75) is 10.1 Å². The first-order valence-electron chi connectivity index (χ1n) is 11.6. The molecular weight excluding hydrogens is 550 g/mol. The molecule has 12 nitrogen and oxygen atoms in total. The molecule has 0 fully saturated rings. The summed E-state index contributed by atoms with van der Waals surface area (Å²) < 4.78 is 54.2. The van der Waals surface area contributed by atoms with Crippen LogP contribution >= 0.6 is 0 Å². The zero-order chi connectivity index (χ0) is 29.1. The summed E-state index contributed by atoms with van der Waals surface area (Å²) in [4.78, 5) is 21.3. The van der Waals surface area contributed by atoms with E-state index in [1.54, 1.807) is 11.9 Å². The first-order valence-corrected chi connectivity index (χ1v) is 12.8. The van der Waals surface area contributed by atoms with E-state index in [9.17, 15) is 23.6 Å². The smallest absolute Gasteiger partial charge is 0.320 e. The van der Waals surface area contributed by atoms with Crippen molar-refractivity contribution >= 4 is 28.4 Å². The normalized spacial score (nSPS) is 14.4. The van der Waals surface area contributed by atoms with Crippen molar-refractivity contribution in [2.24, 2.45) is 16.5 Å². The number of ether oxygens (including phenoxy) is 2. The van der Waals surface area contributed by atoms with Crippen LogP contribution in [-0.2, 0) is 15.6 Å². The highest BCUT2D eigenvalue weighted by Crippen LogP contribution is 2.38. The number of rotatable bonds is 10. The number of aromatic hydroxyl groups is 1. The number of likely N-dealkylation sites (N-methyl/N-ethyl adjacent to an activating group) is 1. The maximum absolute atomic E-state index is 15.5. The van der Waals surface area contributed by atoms with E-state index in [1.165, 1.54) is 36.4 Å². The summed E-state index contributed by atoms with van der Waals surface area (Å²) in [6.07, 6.45) is 0.653. The number of aliphatic carboxylic acids is 1. The number of hydrogen-bond donors (Lipinski definition) is 5. The number of aliphatic imine (C=N–C) groups is 1. The molecule has 0 aliphatic carbocycles. The van der Waals surface area contributed by atoms with Crippen LogP contribution in [0, 0.1) is 17.0 Å². The SMILES string of the molecule is CN1CCN=C1c1cc(S(=O)C(CN)C(=O)O)ccc1Oc1c(F)cnc(Oc2cc(C(=N)N)ccc2O)c1F. The van der Waals surface area contributed by atoms with Crippen LogP contribution in [0.1, 0.15) is 11.1 Å². The number of carboxylic acids is 1. The molecule has 1 aliphatic rings. The maximum atomic E-state index is 15.5. The quantitative estimate of drug-likeness (QED) is 0.177. The Morgan fingerprint density at radius 3 is 2.60 bits per heavy atom. The number of nitrogens with zero attached hydrogens (tertiary/aromatic N) is 3. The van der Waals surface area contributed by atoms with Crippen molar-refractivity contribution < 1.29 is 37.5 Å². The summed E-state index contributed by atoms with van der Waals surface area (Å²) in [6, 6.07) is 7.67. The molecule has 210 valence electrons. The van der Waals surface area contributed by atoms with E-state index in [0.717, 1.165) is 0 Å². The first-order chi connectivity index (χ1) is 19.0. The second-order valence-corrected chi connectivity index (χ2v) is 10.1. The van der Waals surface area contributed by atoms with Gasteiger partial charge in [0.2, 0.25) is 11.6 Å². The molecule has 7 N–H and O–H groups in total. The summed E-state index contributed by atoms with van der Waals surface area (Å²) >= 11 is 0. The van der Waals surface area contributed by atoms with Crippen LogP contribution in [0.5, 0.6) is 28.9 Å². The van der Waals surface area contributed by atoms with Gasteiger partial charge >= 0.3 is 5.97 Å². The van der Waals surface area contributed by atoms with E-state index in [0.29, 0.717) is 25.1 Å². The highest BCUT2D eigenvalue weighted by atomic mass is 32.2. The van der Waals surface area contributed by atoms with Gasteiger partial charge in [-0.2, -0.15) is 4.39 Å². The Morgan fingerprint density at radius 1 is 1.23 bits per heavy atom. The van der Waals surface area contributed by atoms with E-state index in [2.05, 4.69) is 9.98 Å². The molecule has 2 unspecified atom stereocenters. The number of phenols is 1. The second-order valence-electron chi connectivity index (χ2n) is 8.50. The summed E-state index contributed by atoms with van der Waals surface area (Å²) in [5, 5.41) is 25.6. The predicted molar refractivity (Wildman–Crippen MR) is 141 cm³/mol. The zero-order valence-electron chi connectivity index (χ0n) is 20.9. The molecule has 0 saturated carbocycles. The standard InChI is InChI=1S/C25H24F2N6O6S/c1-33-7-6-31-23(33)14-9-13(40(37)19(10-28)25(35)36)3-5-17(14)38-21-15(26)11-32-24(20(21)27)39-18-8-12(22(29)30)2-4-16(18)34/h2-5,8-9,11,19,34H,6-7,10,28H2,1H3,(H3,29,30)(H,35,36). The van der Waals surface area contributed by atoms with Crippen LogP contribution in [0.2, 0.25) is 0 Å². The number of nitrogens with one attached hydrogen (secondary N) is 1. The van der Waals surface area contributed by atoms with Gasteiger partial charge in [-0.25, -0.2) is 9.37 Å². The van der Waals surface area contributed by atoms with Gasteiger partial charge in [0.05, 0.1) is 29.1 Å². The molecule has 4 rings (SSSR count). The Balaban J connectivity index is 1.75. The fraction of sp³-hybridized carbons (Fsp3) is 0.200. The maximum Gasteiger partial charge on any atom is 0.320 e. The highest BCUT2D eigenvalue weighted by Gasteiger charge is 2.28. The average Bonchev–Trinajstić information content (AvgIpc) is 3.34. The molecular formula is C25H24F2N6O6S. The first kappa shape index (κ1) is 28.4. The van der Waals surface area contributed by atoms with Crippen molar-refractivity contribution in [1.29, 1.82) is 5.41 Å². The van der Waals surface area contributed by atoms with Crippen molar-refractivity contribution in [3.8, 4) is 28.9 Å². The van der Waals surface area contributed by atoms with Crippen LogP contribution in [0.25, 0.3) is 0 Å². The van der Waals surface area contributed by atoms with Gasteiger partial charge in [0.15, 0.2) is 17.3 Å². The van der Waals surface area contributed by atoms with Gasteiger partial charge < -0.3 is 36.1 Å². The summed E-state index contributed by atoms with van der Waals surface area (Å²) in [6.45, 7) is 0.566. The fourth-order valence-electron chi connectivity index (χ4n) is 3.74. The third kappa shape index (κ3) is 5.69. The van der Waals surface area contributed by atoms with Gasteiger partial charge in [0, 0.05) is 30.6 Å². The molecule has 0 saturated heterocycles. The zero-order valence-corrected chi connectivity index (χ0v) is 21.7. The second kappa shape index (κ2) is 11.6. The monoisotopic (exact) mass is 574 g/mol. The molecule has 15 heteroatoms. The van der Waals surface area contributed by atoms with Crippen molar-refractivity contribution in [2.75, 3.05) is 26.7 Å². The Hall–Kier alpha value is -4.63. The molecule has 1 aliphatic heterocycles. The van der Waals surface area contributed by atoms with Gasteiger partial charge in [0.1, 0.15) is 22.7 Å². The van der Waals surface area contributed by atoms with Gasteiger partial charge in [-0.15, -0.1) is 0 Å². The van der Waals surface area contributed by atoms with Crippen LogP contribution in [0.3, 0.4) is 0 Å². The summed E-state index contributed by atoms with van der Waals surface area (Å²) in [5.74, 6) is -6.26. The number of carboxylic acid groups (broad SMARTS) is 1. The lowest BCUT2D eigenvalue weighted by Crippen LogP contribution is -2.33. The number of nitrogen functional groups attached to an aromatic ring is 1. The number of aromatic nitrogens is 1. The molecule has 0 spiro atoms. The lowest BCUT2D eigenvalue weighted by Gasteiger charge is -2.19. The lowest BCUT2D eigenvalue weighted by molar-refractivity contribution is -0.136. The number of hydrogen-bond acceptors (Lipinski definition) is 10. The molecule has 3 aromatic rings. The van der Waals surface area contributed by atoms with Gasteiger partial charge in [-0.05, 0) is 36.4 Å². The Morgan fingerprint density at radius 2 is 1.98 bits per heavy atom. The summed E-state index contributed by atoms with van der Waals surface area (Å²) in [5.41, 5.74) is 11.3. The Kier molecular flexibility index (Phi) is 8.25. The third-order valence-electron chi connectivity index (χ3n) is 5.82. The van der Waals surface area contributed by atoms with E-state index in [1.807, 2.05) is 0 Å². The van der Waals surface area contributed by atoms with Crippen molar-refractivity contribution in [3.63, 3.8) is 0 Å². The number of carbonyl (C=O) groups is 1. The van der Waals surface area contributed by atoms with Gasteiger partial charge in [-0.3, -0.25) is 19.4 Å². The Bertz CT molecular complexity index is 1550. The largest absolute Gasteiger partial charge is 0.504 e. The lowest BCUT2D eigenvalue weighted by atomic mass is 10.1. The molecule has 2 heterocycles. The van der Waals surface area contributed by atoms with Crippen LogP contribution < -0.4 is 20.9 Å². The minimum absolute atomic E-state index is 0.0794. The van der Waals surface area contributed by atoms with Gasteiger partial charge in [-0.1, -0.05) is 0 Å². The number of amidine groups is 2. The number of nitrogens with two attached hydrogens (primary N) is 2. The van der Waals surface area contributed by atoms with Crippen LogP contribution in [-0.4, -0.2) is 73.9 Å². The van der Waals surface area contributed by atoms with E-state index in [4.69, 9.17) is 26.4 Å². The molecule has 40 heavy (non-hydrogen) atoms. The number of phenolic OH excluding ortho intramolecular Hbond substituents is 1. The van der Waals surface area contributed by atoms with Crippen molar-refractivity contribution in [3.05, 3.63) is 65.4 Å². The van der Waals surface area contributed by atoms with Gasteiger partial charge in [0.25, 0.3) is 5.88 Å². The van der Waals surface area contributed by atoms with E-state index in [-0.39, 0.29) is 39.9 Å². The van der Waals surface area contributed by atoms with Crippen LogP contribution in [0.15, 0.2) is 52.5 Å². The van der Waals surface area contributed by atoms with Crippen molar-refractivity contribution in [1.82, 2.24) is 9.88 Å². The number of halogens is 2. The minimum atomic E-state index is -2.05. The molecule has 0 amide bonds. The van der Waals surface area contributed by atoms with E-state index < -0.39 is 51.0 Å². The number of benzene rings is 2. The predicted octanol–water partition coefficient (Wildman–Crippen LogP) is 2.15. The molecule has 0 bridgehead atoms. The van der Waals surface area contributed by atoms with E-state index >= 15 is 4.39 Å². The summed E-state index contributed by atoms with van der Waals surface area (Å²) in [7, 11) is -0.327. The molecule has 1 aromatic heterocycles. The molecule has 2 atom stereocenters. The topological polar surface area (TPSA) is 197 Å². The molecule has 0 radical (unpaired) electrons. The Labute approximate surface area is 228 Å². The average molecular weight is 575 g/mol. The van der Waals surface area contributed by atoms with Crippen LogP contribution in [0.4, 0.5) is 8.78 Å². The minimum Gasteiger partial charge on any atom is -0.504 e. The fourth-order valence-corrected chi connectivity index (χ4v) is 4.86. The third-order valence-corrected chi connectivity index (χ3v) is 7.45. The number of pyridine rings is 1. The highest BCUT2D eigenvalue weighted by molar-refractivity contribution is 7.86. The molecule has 2 aromatic carbocycles.